The molecule has 12 heavy (non-hydrogen) atoms. The molecule has 0 saturated heterocycles. The van der Waals surface area contributed by atoms with Crippen molar-refractivity contribution in [2.45, 2.75) is 19.9 Å². The van der Waals surface area contributed by atoms with E-state index in [9.17, 15) is 0 Å². The molecule has 0 fully saturated rings. The molecule has 0 spiro atoms. The van der Waals surface area contributed by atoms with Crippen LogP contribution in [0.4, 0.5) is 0 Å². The lowest BCUT2D eigenvalue weighted by molar-refractivity contribution is 0.513. The number of hydrogen-bond acceptors (Lipinski definition) is 2. The lowest BCUT2D eigenvalue weighted by atomic mass is 9.99. The average Bonchev–Trinajstić information content (AvgIpc) is 2.03. The van der Waals surface area contributed by atoms with Gasteiger partial charge in [0.1, 0.15) is 0 Å². The van der Waals surface area contributed by atoms with Crippen molar-refractivity contribution in [3.05, 3.63) is 29.0 Å². The highest BCUT2D eigenvalue weighted by atomic mass is 35.5. The molecule has 66 valence electrons. The highest BCUT2D eigenvalue weighted by Crippen LogP contribution is 2.20. The number of hydrogen-bond donors (Lipinski definition) is 1. The molecule has 0 radical (unpaired) electrons. The maximum Gasteiger partial charge on any atom is 0.0592 e. The van der Waals surface area contributed by atoms with E-state index in [0.29, 0.717) is 10.9 Å². The quantitative estimate of drug-likeness (QED) is 0.767. The Hall–Kier alpha value is -0.600. The van der Waals surface area contributed by atoms with Gasteiger partial charge < -0.3 is 5.73 Å². The Balaban J connectivity index is 2.88. The number of halogens is 1. The molecule has 1 aromatic rings. The molecule has 1 aromatic heterocycles. The topological polar surface area (TPSA) is 38.9 Å². The van der Waals surface area contributed by atoms with Gasteiger partial charge in [-0.1, -0.05) is 25.4 Å². The summed E-state index contributed by atoms with van der Waals surface area (Å²) in [5.74, 6) is 0.408. The summed E-state index contributed by atoms with van der Waals surface area (Å²) in [7, 11) is 0. The highest BCUT2D eigenvalue weighted by molar-refractivity contribution is 6.30. The summed E-state index contributed by atoms with van der Waals surface area (Å²) in [5, 5.41) is 0.642. The molecule has 0 aliphatic rings. The second kappa shape index (κ2) is 3.87. The van der Waals surface area contributed by atoms with Crippen molar-refractivity contribution in [3.8, 4) is 0 Å². The average molecular weight is 185 g/mol. The summed E-state index contributed by atoms with van der Waals surface area (Å²) < 4.78 is 0. The standard InChI is InChI=1S/C9H13ClN2/c1-6(2)9(11)7-3-8(10)5-12-4-7/h3-6,9H,11H2,1-2H3/t9-/m1/s1. The molecule has 0 aliphatic carbocycles. The Bertz CT molecular complexity index is 260. The normalized spacial score (nSPS) is 13.4. The van der Waals surface area contributed by atoms with Crippen LogP contribution >= 0.6 is 11.6 Å². The minimum atomic E-state index is 0.0243. The summed E-state index contributed by atoms with van der Waals surface area (Å²) in [4.78, 5) is 3.98. The Morgan fingerprint density at radius 2 is 2.08 bits per heavy atom. The lowest BCUT2D eigenvalue weighted by Crippen LogP contribution is -2.16. The zero-order valence-electron chi connectivity index (χ0n) is 7.29. The van der Waals surface area contributed by atoms with Crippen molar-refractivity contribution in [1.29, 1.82) is 0 Å². The third-order valence-corrected chi connectivity index (χ3v) is 2.04. The van der Waals surface area contributed by atoms with Crippen LogP contribution in [0.2, 0.25) is 5.02 Å². The minimum absolute atomic E-state index is 0.0243. The van der Waals surface area contributed by atoms with Crippen LogP contribution in [0, 0.1) is 5.92 Å². The largest absolute Gasteiger partial charge is 0.324 e. The highest BCUT2D eigenvalue weighted by Gasteiger charge is 2.10. The van der Waals surface area contributed by atoms with Crippen LogP contribution in [0.25, 0.3) is 0 Å². The summed E-state index contributed by atoms with van der Waals surface area (Å²) in [6, 6.07) is 1.88. The van der Waals surface area contributed by atoms with Gasteiger partial charge in [0, 0.05) is 18.4 Å². The number of nitrogens with two attached hydrogens (primary N) is 1. The maximum absolute atomic E-state index is 5.91. The molecule has 1 heterocycles. The second-order valence-corrected chi connectivity index (χ2v) is 3.64. The fraction of sp³-hybridized carbons (Fsp3) is 0.444. The number of nitrogens with zero attached hydrogens (tertiary/aromatic N) is 1. The molecule has 0 aliphatic heterocycles. The van der Waals surface area contributed by atoms with Crippen molar-refractivity contribution < 1.29 is 0 Å². The molecule has 2 nitrogen and oxygen atoms in total. The molecule has 0 aromatic carbocycles. The third kappa shape index (κ3) is 2.19. The molecule has 1 rings (SSSR count). The van der Waals surface area contributed by atoms with E-state index >= 15 is 0 Å². The van der Waals surface area contributed by atoms with Gasteiger partial charge >= 0.3 is 0 Å². The van der Waals surface area contributed by atoms with Crippen molar-refractivity contribution in [3.63, 3.8) is 0 Å². The van der Waals surface area contributed by atoms with Gasteiger partial charge in [-0.15, -0.1) is 0 Å². The van der Waals surface area contributed by atoms with Crippen LogP contribution < -0.4 is 5.73 Å². The molecule has 2 N–H and O–H groups in total. The van der Waals surface area contributed by atoms with Gasteiger partial charge in [0.25, 0.3) is 0 Å². The van der Waals surface area contributed by atoms with Crippen LogP contribution in [-0.2, 0) is 0 Å². The molecule has 0 unspecified atom stereocenters. The van der Waals surface area contributed by atoms with Crippen molar-refractivity contribution in [1.82, 2.24) is 4.98 Å². The minimum Gasteiger partial charge on any atom is -0.324 e. The molecule has 0 bridgehead atoms. The van der Waals surface area contributed by atoms with Crippen LogP contribution in [-0.4, -0.2) is 4.98 Å². The van der Waals surface area contributed by atoms with E-state index in [0.717, 1.165) is 5.56 Å². The molecule has 0 amide bonds. The van der Waals surface area contributed by atoms with E-state index in [2.05, 4.69) is 18.8 Å². The zero-order valence-corrected chi connectivity index (χ0v) is 8.05. The number of pyridine rings is 1. The van der Waals surface area contributed by atoms with E-state index in [1.807, 2.05) is 6.07 Å². The van der Waals surface area contributed by atoms with Gasteiger partial charge in [0.2, 0.25) is 0 Å². The molecular formula is C9H13ClN2. The van der Waals surface area contributed by atoms with Gasteiger partial charge in [-0.2, -0.15) is 0 Å². The smallest absolute Gasteiger partial charge is 0.0592 e. The van der Waals surface area contributed by atoms with Crippen LogP contribution in [0.5, 0.6) is 0 Å². The van der Waals surface area contributed by atoms with E-state index in [1.54, 1.807) is 12.4 Å². The first kappa shape index (κ1) is 9.49. The van der Waals surface area contributed by atoms with Gasteiger partial charge in [0.05, 0.1) is 5.02 Å². The fourth-order valence-electron chi connectivity index (χ4n) is 0.995. The number of rotatable bonds is 2. The Morgan fingerprint density at radius 3 is 2.58 bits per heavy atom. The van der Waals surface area contributed by atoms with Crippen molar-refractivity contribution in [2.75, 3.05) is 0 Å². The predicted octanol–water partition coefficient (Wildman–Crippen LogP) is 2.39. The van der Waals surface area contributed by atoms with E-state index in [-0.39, 0.29) is 6.04 Å². The SMILES string of the molecule is CC(C)[C@@H](N)c1cncc(Cl)c1. The van der Waals surface area contributed by atoms with Crippen molar-refractivity contribution in [2.24, 2.45) is 11.7 Å². The van der Waals surface area contributed by atoms with Crippen molar-refractivity contribution >= 4 is 11.6 Å². The zero-order chi connectivity index (χ0) is 9.14. The Kier molecular flexibility index (Phi) is 3.06. The van der Waals surface area contributed by atoms with Crippen LogP contribution in [0.15, 0.2) is 18.5 Å². The number of aromatic nitrogens is 1. The first-order valence-electron chi connectivity index (χ1n) is 3.97. The summed E-state index contributed by atoms with van der Waals surface area (Å²) >= 11 is 5.78. The van der Waals surface area contributed by atoms with E-state index < -0.39 is 0 Å². The second-order valence-electron chi connectivity index (χ2n) is 3.21. The van der Waals surface area contributed by atoms with Gasteiger partial charge in [0.15, 0.2) is 0 Å². The predicted molar refractivity (Wildman–Crippen MR) is 51.0 cm³/mol. The van der Waals surface area contributed by atoms with E-state index in [1.165, 1.54) is 0 Å². The van der Waals surface area contributed by atoms with Crippen LogP contribution in [0.1, 0.15) is 25.5 Å². The Morgan fingerprint density at radius 1 is 1.42 bits per heavy atom. The summed E-state index contributed by atoms with van der Waals surface area (Å²) in [6.07, 6.45) is 3.37. The lowest BCUT2D eigenvalue weighted by Gasteiger charge is -2.15. The first-order valence-corrected chi connectivity index (χ1v) is 4.35. The van der Waals surface area contributed by atoms with Gasteiger partial charge in [-0.25, -0.2) is 0 Å². The first-order chi connectivity index (χ1) is 5.61. The van der Waals surface area contributed by atoms with Gasteiger partial charge in [-0.3, -0.25) is 4.98 Å². The molecule has 3 heteroatoms. The summed E-state index contributed by atoms with van der Waals surface area (Å²) in [5.41, 5.74) is 6.91. The molecule has 1 atom stereocenters. The third-order valence-electron chi connectivity index (χ3n) is 1.83. The Labute approximate surface area is 77.8 Å². The monoisotopic (exact) mass is 184 g/mol. The van der Waals surface area contributed by atoms with E-state index in [4.69, 9.17) is 17.3 Å². The summed E-state index contributed by atoms with van der Waals surface area (Å²) in [6.45, 7) is 4.15. The van der Waals surface area contributed by atoms with Gasteiger partial charge in [-0.05, 0) is 17.5 Å². The maximum atomic E-state index is 5.91. The molecule has 0 saturated carbocycles. The molecular weight excluding hydrogens is 172 g/mol. The van der Waals surface area contributed by atoms with Crippen LogP contribution in [0.3, 0.4) is 0 Å². The fourth-order valence-corrected chi connectivity index (χ4v) is 1.18.